The Bertz CT molecular complexity index is 421. The highest BCUT2D eigenvalue weighted by Gasteiger charge is 2.26. The lowest BCUT2D eigenvalue weighted by atomic mass is 10.1. The van der Waals surface area contributed by atoms with Gasteiger partial charge < -0.3 is 15.5 Å². The summed E-state index contributed by atoms with van der Waals surface area (Å²) in [6, 6.07) is 7.61. The summed E-state index contributed by atoms with van der Waals surface area (Å²) in [6.45, 7) is 5.67. The summed E-state index contributed by atoms with van der Waals surface area (Å²) in [5, 5.41) is 6.90. The van der Waals surface area contributed by atoms with Crippen LogP contribution in [0.15, 0.2) is 24.3 Å². The Hall–Kier alpha value is -1.26. The van der Waals surface area contributed by atoms with Gasteiger partial charge in [-0.2, -0.15) is 0 Å². The Morgan fingerprint density at radius 1 is 1.39 bits per heavy atom. The second kappa shape index (κ2) is 5.59. The van der Waals surface area contributed by atoms with Crippen LogP contribution in [0, 0.1) is 0 Å². The fraction of sp³-hybridized carbons (Fsp3) is 0.462. The third kappa shape index (κ3) is 3.15. The van der Waals surface area contributed by atoms with Crippen molar-refractivity contribution < 1.29 is 4.79 Å². The molecule has 2 N–H and O–H groups in total. The van der Waals surface area contributed by atoms with E-state index in [0.717, 1.165) is 18.8 Å². The minimum atomic E-state index is -0.0572. The van der Waals surface area contributed by atoms with Crippen LogP contribution in [0.25, 0.3) is 0 Å². The molecule has 1 heterocycles. The van der Waals surface area contributed by atoms with E-state index < -0.39 is 0 Å². The molecular formula is C13H18ClN3O. The van der Waals surface area contributed by atoms with Gasteiger partial charge in [-0.15, -0.1) is 0 Å². The van der Waals surface area contributed by atoms with E-state index in [4.69, 9.17) is 11.6 Å². The molecule has 2 rings (SSSR count). The lowest BCUT2D eigenvalue weighted by Gasteiger charge is -2.37. The summed E-state index contributed by atoms with van der Waals surface area (Å²) in [7, 11) is 0. The molecule has 2 atom stereocenters. The first-order chi connectivity index (χ1) is 8.56. The van der Waals surface area contributed by atoms with Gasteiger partial charge >= 0.3 is 6.03 Å². The van der Waals surface area contributed by atoms with Crippen LogP contribution in [-0.2, 0) is 0 Å². The first kappa shape index (κ1) is 13.2. The smallest absolute Gasteiger partial charge is 0.319 e. The normalized spacial score (nSPS) is 23.8. The monoisotopic (exact) mass is 267 g/mol. The number of carbonyl (C=O) groups is 1. The van der Waals surface area contributed by atoms with Crippen LogP contribution >= 0.6 is 11.6 Å². The van der Waals surface area contributed by atoms with Crippen molar-refractivity contribution in [2.45, 2.75) is 25.9 Å². The van der Waals surface area contributed by atoms with Gasteiger partial charge in [0.05, 0.1) is 0 Å². The topological polar surface area (TPSA) is 44.4 Å². The summed E-state index contributed by atoms with van der Waals surface area (Å²) >= 11 is 5.81. The largest absolute Gasteiger partial charge is 0.322 e. The van der Waals surface area contributed by atoms with Crippen LogP contribution < -0.4 is 10.6 Å². The Balaban J connectivity index is 2.00. The Kier molecular flexibility index (Phi) is 4.09. The molecule has 18 heavy (non-hydrogen) atoms. The van der Waals surface area contributed by atoms with E-state index in [9.17, 15) is 4.79 Å². The molecule has 0 saturated carbocycles. The molecule has 1 fully saturated rings. The van der Waals surface area contributed by atoms with E-state index >= 15 is 0 Å². The van der Waals surface area contributed by atoms with Gasteiger partial charge in [0.2, 0.25) is 0 Å². The summed E-state index contributed by atoms with van der Waals surface area (Å²) in [4.78, 5) is 14.0. The third-order valence-corrected chi connectivity index (χ3v) is 3.37. The zero-order valence-corrected chi connectivity index (χ0v) is 11.4. The predicted octanol–water partition coefficient (Wildman–Crippen LogP) is 2.55. The zero-order valence-electron chi connectivity index (χ0n) is 10.6. The van der Waals surface area contributed by atoms with Gasteiger partial charge in [-0.3, -0.25) is 0 Å². The molecule has 1 saturated heterocycles. The average molecular weight is 268 g/mol. The minimum absolute atomic E-state index is 0.0572. The first-order valence-electron chi connectivity index (χ1n) is 6.13. The van der Waals surface area contributed by atoms with Crippen LogP contribution in [0.2, 0.25) is 5.02 Å². The molecule has 1 aliphatic heterocycles. The lowest BCUT2D eigenvalue weighted by Crippen LogP contribution is -2.57. The van der Waals surface area contributed by atoms with Crippen molar-refractivity contribution in [3.05, 3.63) is 29.3 Å². The molecule has 1 aromatic rings. The standard InChI is InChI=1S/C13H18ClN3O/c1-9-8-17(10(2)7-15-9)13(18)16-12-5-3-11(14)4-6-12/h3-6,9-10,15H,7-8H2,1-2H3,(H,16,18). The quantitative estimate of drug-likeness (QED) is 0.821. The van der Waals surface area contributed by atoms with E-state index in [1.807, 2.05) is 11.8 Å². The Morgan fingerprint density at radius 2 is 2.06 bits per heavy atom. The fourth-order valence-electron chi connectivity index (χ4n) is 2.03. The third-order valence-electron chi connectivity index (χ3n) is 3.12. The van der Waals surface area contributed by atoms with Crippen LogP contribution in [0.1, 0.15) is 13.8 Å². The number of nitrogens with one attached hydrogen (secondary N) is 2. The highest BCUT2D eigenvalue weighted by atomic mass is 35.5. The van der Waals surface area contributed by atoms with Crippen LogP contribution in [-0.4, -0.2) is 36.1 Å². The van der Waals surface area contributed by atoms with Crippen molar-refractivity contribution >= 4 is 23.3 Å². The van der Waals surface area contributed by atoms with Crippen molar-refractivity contribution in [3.8, 4) is 0 Å². The van der Waals surface area contributed by atoms with Gasteiger partial charge in [-0.25, -0.2) is 4.79 Å². The molecule has 5 heteroatoms. The van der Waals surface area contributed by atoms with E-state index in [-0.39, 0.29) is 12.1 Å². The number of benzene rings is 1. The number of nitrogens with zero attached hydrogens (tertiary/aromatic N) is 1. The number of carbonyl (C=O) groups excluding carboxylic acids is 1. The van der Waals surface area contributed by atoms with Gasteiger partial charge in [-0.05, 0) is 38.1 Å². The van der Waals surface area contributed by atoms with E-state index in [0.29, 0.717) is 11.1 Å². The highest BCUT2D eigenvalue weighted by molar-refractivity contribution is 6.30. The van der Waals surface area contributed by atoms with Crippen LogP contribution in [0.4, 0.5) is 10.5 Å². The maximum absolute atomic E-state index is 12.2. The van der Waals surface area contributed by atoms with Crippen molar-refractivity contribution in [3.63, 3.8) is 0 Å². The van der Waals surface area contributed by atoms with Gasteiger partial charge in [0.25, 0.3) is 0 Å². The molecule has 2 unspecified atom stereocenters. The average Bonchev–Trinajstić information content (AvgIpc) is 2.35. The molecule has 0 spiro atoms. The maximum atomic E-state index is 12.2. The van der Waals surface area contributed by atoms with E-state index in [2.05, 4.69) is 17.6 Å². The SMILES string of the molecule is CC1CN(C(=O)Nc2ccc(Cl)cc2)C(C)CN1. The first-order valence-corrected chi connectivity index (χ1v) is 6.50. The molecule has 0 radical (unpaired) electrons. The molecule has 1 aliphatic rings. The van der Waals surface area contributed by atoms with Crippen LogP contribution in [0.3, 0.4) is 0 Å². The summed E-state index contributed by atoms with van der Waals surface area (Å²) in [5.41, 5.74) is 0.766. The number of hydrogen-bond acceptors (Lipinski definition) is 2. The van der Waals surface area contributed by atoms with Crippen molar-refractivity contribution in [1.29, 1.82) is 0 Å². The number of piperazine rings is 1. The molecule has 0 bridgehead atoms. The summed E-state index contributed by atoms with van der Waals surface area (Å²) in [6.07, 6.45) is 0. The molecule has 1 aromatic carbocycles. The van der Waals surface area contributed by atoms with Crippen LogP contribution in [0.5, 0.6) is 0 Å². The zero-order chi connectivity index (χ0) is 13.1. The summed E-state index contributed by atoms with van der Waals surface area (Å²) < 4.78 is 0. The molecule has 0 aromatic heterocycles. The maximum Gasteiger partial charge on any atom is 0.322 e. The van der Waals surface area contributed by atoms with E-state index in [1.54, 1.807) is 24.3 Å². The van der Waals surface area contributed by atoms with Gasteiger partial charge in [0, 0.05) is 35.9 Å². The number of hydrogen-bond donors (Lipinski definition) is 2. The Morgan fingerprint density at radius 3 is 2.72 bits per heavy atom. The molecule has 98 valence electrons. The number of amides is 2. The molecule has 2 amide bonds. The fourth-order valence-corrected chi connectivity index (χ4v) is 2.16. The number of urea groups is 1. The van der Waals surface area contributed by atoms with Crippen molar-refractivity contribution in [1.82, 2.24) is 10.2 Å². The second-order valence-corrected chi connectivity index (χ2v) is 5.18. The lowest BCUT2D eigenvalue weighted by molar-refractivity contribution is 0.162. The molecule has 4 nitrogen and oxygen atoms in total. The number of halogens is 1. The predicted molar refractivity (Wildman–Crippen MR) is 74.1 cm³/mol. The minimum Gasteiger partial charge on any atom is -0.319 e. The van der Waals surface area contributed by atoms with Gasteiger partial charge in [-0.1, -0.05) is 11.6 Å². The summed E-state index contributed by atoms with van der Waals surface area (Å²) in [5.74, 6) is 0. The van der Waals surface area contributed by atoms with Gasteiger partial charge in [0.1, 0.15) is 0 Å². The van der Waals surface area contributed by atoms with Crippen molar-refractivity contribution in [2.75, 3.05) is 18.4 Å². The second-order valence-electron chi connectivity index (χ2n) is 4.75. The van der Waals surface area contributed by atoms with E-state index in [1.165, 1.54) is 0 Å². The molecule has 0 aliphatic carbocycles. The molecular weight excluding hydrogens is 250 g/mol. The number of rotatable bonds is 1. The number of anilines is 1. The Labute approximate surface area is 112 Å². The van der Waals surface area contributed by atoms with Gasteiger partial charge in [0.15, 0.2) is 0 Å². The highest BCUT2D eigenvalue weighted by Crippen LogP contribution is 2.15. The van der Waals surface area contributed by atoms with Crippen molar-refractivity contribution in [2.24, 2.45) is 0 Å².